The maximum absolute atomic E-state index is 11.1. The Hall–Kier alpha value is -1.77. The van der Waals surface area contributed by atoms with Gasteiger partial charge in [-0.05, 0) is 24.6 Å². The molecule has 1 rings (SSSR count). The third-order valence-corrected chi connectivity index (χ3v) is 2.10. The van der Waals surface area contributed by atoms with Gasteiger partial charge in [0.1, 0.15) is 0 Å². The summed E-state index contributed by atoms with van der Waals surface area (Å²) in [5.74, 6) is -0.189. The van der Waals surface area contributed by atoms with E-state index in [1.807, 2.05) is 43.5 Å². The molecule has 0 aromatic heterocycles. The van der Waals surface area contributed by atoms with Crippen LogP contribution in [0.2, 0.25) is 0 Å². The Labute approximate surface area is 96.1 Å². The van der Waals surface area contributed by atoms with Gasteiger partial charge in [0.05, 0.1) is 13.0 Å². The summed E-state index contributed by atoms with van der Waals surface area (Å²) in [6.07, 6.45) is 4.05. The van der Waals surface area contributed by atoms with Gasteiger partial charge in [-0.25, -0.2) is 0 Å². The van der Waals surface area contributed by atoms with E-state index in [0.717, 1.165) is 11.3 Å². The number of hydrogen-bond acceptors (Lipinski definition) is 3. The van der Waals surface area contributed by atoms with E-state index in [-0.39, 0.29) is 5.97 Å². The summed E-state index contributed by atoms with van der Waals surface area (Å²) in [5, 5.41) is 3.05. The van der Waals surface area contributed by atoms with Crippen molar-refractivity contribution < 1.29 is 9.53 Å². The fraction of sp³-hybridized carbons (Fsp3) is 0.308. The average Bonchev–Trinajstić information content (AvgIpc) is 2.30. The number of hydrogen-bond donors (Lipinski definition) is 1. The number of ether oxygens (including phenoxy) is 1. The van der Waals surface area contributed by atoms with Crippen LogP contribution in [0.25, 0.3) is 6.08 Å². The molecule has 0 spiro atoms. The van der Waals surface area contributed by atoms with Crippen LogP contribution in [0.1, 0.15) is 18.9 Å². The summed E-state index contributed by atoms with van der Waals surface area (Å²) in [7, 11) is 1.88. The molecule has 0 aliphatic carbocycles. The van der Waals surface area contributed by atoms with Crippen LogP contribution in [0.4, 0.5) is 5.69 Å². The third-order valence-electron chi connectivity index (χ3n) is 2.10. The third kappa shape index (κ3) is 4.17. The largest absolute Gasteiger partial charge is 0.466 e. The Morgan fingerprint density at radius 2 is 2.06 bits per heavy atom. The van der Waals surface area contributed by atoms with E-state index in [9.17, 15) is 4.79 Å². The van der Waals surface area contributed by atoms with E-state index in [2.05, 4.69) is 5.32 Å². The molecule has 0 aliphatic rings. The predicted molar refractivity (Wildman–Crippen MR) is 66.3 cm³/mol. The lowest BCUT2D eigenvalue weighted by atomic mass is 10.2. The first-order valence-corrected chi connectivity index (χ1v) is 5.36. The fourth-order valence-corrected chi connectivity index (χ4v) is 1.27. The number of nitrogens with one attached hydrogen (secondary N) is 1. The van der Waals surface area contributed by atoms with Crippen LogP contribution < -0.4 is 5.32 Å². The number of carbonyl (C=O) groups excluding carboxylic acids is 1. The average molecular weight is 219 g/mol. The molecule has 0 atom stereocenters. The molecule has 0 heterocycles. The Bertz CT molecular complexity index is 355. The van der Waals surface area contributed by atoms with Gasteiger partial charge in [0.2, 0.25) is 0 Å². The van der Waals surface area contributed by atoms with Gasteiger partial charge < -0.3 is 10.1 Å². The van der Waals surface area contributed by atoms with Gasteiger partial charge >= 0.3 is 5.97 Å². The minimum atomic E-state index is -0.189. The van der Waals surface area contributed by atoms with E-state index < -0.39 is 0 Å². The van der Waals surface area contributed by atoms with E-state index in [1.165, 1.54) is 0 Å². The monoisotopic (exact) mass is 219 g/mol. The van der Waals surface area contributed by atoms with Crippen molar-refractivity contribution in [3.8, 4) is 0 Å². The molecule has 0 fully saturated rings. The molecule has 0 unspecified atom stereocenters. The molecule has 0 saturated heterocycles. The van der Waals surface area contributed by atoms with E-state index in [0.29, 0.717) is 13.0 Å². The molecular weight excluding hydrogens is 202 g/mol. The van der Waals surface area contributed by atoms with Gasteiger partial charge in [0.15, 0.2) is 0 Å². The fourth-order valence-electron chi connectivity index (χ4n) is 1.27. The first-order chi connectivity index (χ1) is 7.76. The maximum Gasteiger partial charge on any atom is 0.309 e. The summed E-state index contributed by atoms with van der Waals surface area (Å²) in [6, 6.07) is 7.97. The minimum absolute atomic E-state index is 0.189. The second-order valence-corrected chi connectivity index (χ2v) is 3.28. The van der Waals surface area contributed by atoms with Crippen molar-refractivity contribution in [1.82, 2.24) is 0 Å². The molecule has 86 valence electrons. The van der Waals surface area contributed by atoms with Gasteiger partial charge in [-0.2, -0.15) is 0 Å². The van der Waals surface area contributed by atoms with E-state index >= 15 is 0 Å². The van der Waals surface area contributed by atoms with Crippen molar-refractivity contribution in [2.45, 2.75) is 13.3 Å². The van der Waals surface area contributed by atoms with Crippen LogP contribution in [-0.4, -0.2) is 19.6 Å². The highest BCUT2D eigenvalue weighted by atomic mass is 16.5. The van der Waals surface area contributed by atoms with Gasteiger partial charge in [-0.3, -0.25) is 4.79 Å². The highest BCUT2D eigenvalue weighted by Crippen LogP contribution is 2.10. The number of rotatable bonds is 5. The molecule has 3 nitrogen and oxygen atoms in total. The summed E-state index contributed by atoms with van der Waals surface area (Å²) >= 11 is 0. The predicted octanol–water partition coefficient (Wildman–Crippen LogP) is 2.69. The van der Waals surface area contributed by atoms with Crippen molar-refractivity contribution in [2.24, 2.45) is 0 Å². The molecule has 1 aromatic carbocycles. The van der Waals surface area contributed by atoms with Gasteiger partial charge in [0, 0.05) is 12.7 Å². The molecule has 0 radical (unpaired) electrons. The highest BCUT2D eigenvalue weighted by Gasteiger charge is 1.96. The zero-order valence-corrected chi connectivity index (χ0v) is 9.69. The molecule has 0 aliphatic heterocycles. The van der Waals surface area contributed by atoms with E-state index in [1.54, 1.807) is 6.92 Å². The first-order valence-electron chi connectivity index (χ1n) is 5.36. The molecule has 0 bridgehead atoms. The number of anilines is 1. The maximum atomic E-state index is 11.1. The zero-order chi connectivity index (χ0) is 11.8. The topological polar surface area (TPSA) is 38.3 Å². The lowest BCUT2D eigenvalue weighted by molar-refractivity contribution is -0.142. The molecule has 3 heteroatoms. The normalized spacial score (nSPS) is 10.4. The molecule has 1 N–H and O–H groups in total. The highest BCUT2D eigenvalue weighted by molar-refractivity contribution is 5.72. The SMILES string of the molecule is CCOC(=O)CC=Cc1ccc(NC)cc1. The summed E-state index contributed by atoms with van der Waals surface area (Å²) < 4.78 is 4.82. The van der Waals surface area contributed by atoms with Gasteiger partial charge in [-0.15, -0.1) is 0 Å². The van der Waals surface area contributed by atoms with Crippen molar-refractivity contribution in [2.75, 3.05) is 19.0 Å². The Balaban J connectivity index is 2.46. The van der Waals surface area contributed by atoms with Gasteiger partial charge in [0.25, 0.3) is 0 Å². The molecule has 16 heavy (non-hydrogen) atoms. The molecule has 0 amide bonds. The zero-order valence-electron chi connectivity index (χ0n) is 9.69. The Morgan fingerprint density at radius 1 is 1.38 bits per heavy atom. The van der Waals surface area contributed by atoms with Crippen molar-refractivity contribution in [3.05, 3.63) is 35.9 Å². The minimum Gasteiger partial charge on any atom is -0.466 e. The lowest BCUT2D eigenvalue weighted by Gasteiger charge is -1.99. The quantitative estimate of drug-likeness (QED) is 0.774. The summed E-state index contributed by atoms with van der Waals surface area (Å²) in [4.78, 5) is 11.1. The Kier molecular flexibility index (Phi) is 5.12. The van der Waals surface area contributed by atoms with Crippen LogP contribution in [0, 0.1) is 0 Å². The van der Waals surface area contributed by atoms with Crippen molar-refractivity contribution in [3.63, 3.8) is 0 Å². The number of benzene rings is 1. The Morgan fingerprint density at radius 3 is 2.62 bits per heavy atom. The number of esters is 1. The molecule has 1 aromatic rings. The standard InChI is InChI=1S/C13H17NO2/c1-3-16-13(15)6-4-5-11-7-9-12(14-2)10-8-11/h4-5,7-10,14H,3,6H2,1-2H3. The number of carbonyl (C=O) groups is 1. The smallest absolute Gasteiger partial charge is 0.309 e. The second-order valence-electron chi connectivity index (χ2n) is 3.28. The molecular formula is C13H17NO2. The molecule has 0 saturated carbocycles. The lowest BCUT2D eigenvalue weighted by Crippen LogP contribution is -2.01. The van der Waals surface area contributed by atoms with Crippen LogP contribution in [0.15, 0.2) is 30.3 Å². The van der Waals surface area contributed by atoms with Crippen molar-refractivity contribution >= 4 is 17.7 Å². The van der Waals surface area contributed by atoms with Crippen molar-refractivity contribution in [1.29, 1.82) is 0 Å². The van der Waals surface area contributed by atoms with Crippen LogP contribution in [0.3, 0.4) is 0 Å². The first kappa shape index (κ1) is 12.3. The summed E-state index contributed by atoms with van der Waals surface area (Å²) in [6.45, 7) is 2.24. The van der Waals surface area contributed by atoms with Crippen LogP contribution in [0.5, 0.6) is 0 Å². The van der Waals surface area contributed by atoms with Gasteiger partial charge in [-0.1, -0.05) is 24.3 Å². The van der Waals surface area contributed by atoms with Crippen LogP contribution in [-0.2, 0) is 9.53 Å². The van der Waals surface area contributed by atoms with E-state index in [4.69, 9.17) is 4.74 Å². The summed E-state index contributed by atoms with van der Waals surface area (Å²) in [5.41, 5.74) is 2.14. The second kappa shape index (κ2) is 6.67. The van der Waals surface area contributed by atoms with Crippen LogP contribution >= 0.6 is 0 Å².